The van der Waals surface area contributed by atoms with Gasteiger partial charge in [0.25, 0.3) is 10.0 Å². The Balaban J connectivity index is 1.55. The molecule has 0 atom stereocenters. The maximum absolute atomic E-state index is 13.3. The molecule has 1 fully saturated rings. The standard InChI is InChI=1S/C19H20F2N2O5S2/c1-28-19(25)14-11-18(29-12-14)30(26,27)23-8-6-22(7-9-23)17(24)5-3-13-2-4-15(20)16(21)10-13/h2,4,10-12H,3,5-9H2,1H3. The van der Waals surface area contributed by atoms with Crippen LogP contribution in [0.25, 0.3) is 0 Å². The molecular formula is C19H20F2N2O5S2. The van der Waals surface area contributed by atoms with E-state index in [0.717, 1.165) is 23.5 Å². The summed E-state index contributed by atoms with van der Waals surface area (Å²) < 4.78 is 57.7. The van der Waals surface area contributed by atoms with Gasteiger partial charge in [-0.3, -0.25) is 4.79 Å². The molecule has 1 aliphatic rings. The number of hydrogen-bond acceptors (Lipinski definition) is 6. The van der Waals surface area contributed by atoms with Gasteiger partial charge in [0.2, 0.25) is 5.91 Å². The molecule has 3 rings (SSSR count). The molecule has 2 aromatic rings. The number of carbonyl (C=O) groups is 2. The number of carbonyl (C=O) groups excluding carboxylic acids is 2. The van der Waals surface area contributed by atoms with Gasteiger partial charge in [-0.25, -0.2) is 22.0 Å². The molecule has 1 aliphatic heterocycles. The number of piperazine rings is 1. The van der Waals surface area contributed by atoms with E-state index in [9.17, 15) is 26.8 Å². The summed E-state index contributed by atoms with van der Waals surface area (Å²) in [5.74, 6) is -2.68. The predicted molar refractivity (Wildman–Crippen MR) is 106 cm³/mol. The van der Waals surface area contributed by atoms with E-state index in [1.807, 2.05) is 0 Å². The van der Waals surface area contributed by atoms with E-state index in [0.29, 0.717) is 5.56 Å². The Bertz CT molecular complexity index is 1050. The molecule has 0 N–H and O–H groups in total. The third-order valence-electron chi connectivity index (χ3n) is 4.79. The first-order valence-corrected chi connectivity index (χ1v) is 11.4. The molecule has 1 aromatic heterocycles. The van der Waals surface area contributed by atoms with Gasteiger partial charge in [-0.1, -0.05) is 6.07 Å². The molecule has 1 aromatic carbocycles. The van der Waals surface area contributed by atoms with Crippen LogP contribution in [-0.2, 0) is 26.0 Å². The molecule has 0 radical (unpaired) electrons. The fourth-order valence-corrected chi connectivity index (χ4v) is 5.81. The quantitative estimate of drug-likeness (QED) is 0.620. The summed E-state index contributed by atoms with van der Waals surface area (Å²) >= 11 is 0.940. The van der Waals surface area contributed by atoms with Crippen LogP contribution in [0.5, 0.6) is 0 Å². The average Bonchev–Trinajstić information content (AvgIpc) is 3.25. The van der Waals surface area contributed by atoms with Crippen molar-refractivity contribution >= 4 is 33.2 Å². The number of aryl methyl sites for hydroxylation is 1. The number of thiophene rings is 1. The van der Waals surface area contributed by atoms with Crippen LogP contribution >= 0.6 is 11.3 Å². The van der Waals surface area contributed by atoms with Gasteiger partial charge in [-0.15, -0.1) is 11.3 Å². The molecule has 2 heterocycles. The second-order valence-corrected chi connectivity index (χ2v) is 9.76. The van der Waals surface area contributed by atoms with Gasteiger partial charge in [-0.2, -0.15) is 4.31 Å². The number of esters is 1. The van der Waals surface area contributed by atoms with Crippen molar-refractivity contribution < 1.29 is 31.5 Å². The highest BCUT2D eigenvalue weighted by Gasteiger charge is 2.31. The number of hydrogen-bond donors (Lipinski definition) is 0. The lowest BCUT2D eigenvalue weighted by Gasteiger charge is -2.33. The molecule has 0 unspecified atom stereocenters. The molecule has 11 heteroatoms. The summed E-state index contributed by atoms with van der Waals surface area (Å²) in [5, 5.41) is 1.43. The highest BCUT2D eigenvalue weighted by atomic mass is 32.2. The molecule has 0 saturated carbocycles. The maximum atomic E-state index is 13.3. The topological polar surface area (TPSA) is 84.0 Å². The second-order valence-electron chi connectivity index (χ2n) is 6.68. The van der Waals surface area contributed by atoms with Crippen molar-refractivity contribution in [2.24, 2.45) is 0 Å². The molecule has 162 valence electrons. The van der Waals surface area contributed by atoms with Crippen LogP contribution in [-0.4, -0.2) is 62.8 Å². The van der Waals surface area contributed by atoms with E-state index in [1.54, 1.807) is 4.90 Å². The molecule has 1 saturated heterocycles. The molecule has 1 amide bonds. The van der Waals surface area contributed by atoms with Crippen LogP contribution in [0, 0.1) is 11.6 Å². The maximum Gasteiger partial charge on any atom is 0.338 e. The minimum Gasteiger partial charge on any atom is -0.465 e. The summed E-state index contributed by atoms with van der Waals surface area (Å²) in [4.78, 5) is 25.5. The molecule has 0 spiro atoms. The van der Waals surface area contributed by atoms with Crippen LogP contribution in [0.1, 0.15) is 22.3 Å². The van der Waals surface area contributed by atoms with Gasteiger partial charge in [-0.05, 0) is 30.2 Å². The summed E-state index contributed by atoms with van der Waals surface area (Å²) in [6.45, 7) is 0.714. The lowest BCUT2D eigenvalue weighted by atomic mass is 10.1. The second kappa shape index (κ2) is 9.19. The minimum absolute atomic E-state index is 0.0426. The van der Waals surface area contributed by atoms with Crippen LogP contribution < -0.4 is 0 Å². The Hall–Kier alpha value is -2.37. The van der Waals surface area contributed by atoms with Gasteiger partial charge >= 0.3 is 5.97 Å². The summed E-state index contributed by atoms with van der Waals surface area (Å²) in [6, 6.07) is 4.80. The number of ether oxygens (including phenoxy) is 1. The van der Waals surface area contributed by atoms with E-state index in [1.165, 1.54) is 28.9 Å². The first kappa shape index (κ1) is 22.3. The van der Waals surface area contributed by atoms with Crippen LogP contribution in [0.4, 0.5) is 8.78 Å². The zero-order valence-electron chi connectivity index (χ0n) is 16.1. The van der Waals surface area contributed by atoms with Crippen molar-refractivity contribution in [2.45, 2.75) is 17.1 Å². The van der Waals surface area contributed by atoms with Crippen LogP contribution in [0.2, 0.25) is 0 Å². The minimum atomic E-state index is -3.77. The fraction of sp³-hybridized carbons (Fsp3) is 0.368. The molecule has 0 bridgehead atoms. The van der Waals surface area contributed by atoms with Gasteiger partial charge in [0.15, 0.2) is 11.6 Å². The Morgan fingerprint density at radius 2 is 1.80 bits per heavy atom. The normalized spacial score (nSPS) is 15.2. The Kier molecular flexibility index (Phi) is 6.84. The first-order valence-electron chi connectivity index (χ1n) is 9.11. The number of sulfonamides is 1. The summed E-state index contributed by atoms with van der Waals surface area (Å²) in [7, 11) is -2.55. The molecular weight excluding hydrogens is 438 g/mol. The number of nitrogens with zero attached hydrogens (tertiary/aromatic N) is 2. The Labute approximate surface area is 176 Å². The SMILES string of the molecule is COC(=O)c1csc(S(=O)(=O)N2CCN(C(=O)CCc3ccc(F)c(F)c3)CC2)c1. The molecule has 0 aliphatic carbocycles. The predicted octanol–water partition coefficient (Wildman–Crippen LogP) is 2.28. The lowest BCUT2D eigenvalue weighted by Crippen LogP contribution is -2.50. The van der Waals surface area contributed by atoms with Gasteiger partial charge in [0.05, 0.1) is 12.7 Å². The van der Waals surface area contributed by atoms with E-state index < -0.39 is 27.6 Å². The zero-order valence-corrected chi connectivity index (χ0v) is 17.8. The van der Waals surface area contributed by atoms with E-state index in [4.69, 9.17) is 0 Å². The van der Waals surface area contributed by atoms with Crippen molar-refractivity contribution in [1.82, 2.24) is 9.21 Å². The summed E-state index contributed by atoms with van der Waals surface area (Å²) in [5.41, 5.74) is 0.690. The zero-order chi connectivity index (χ0) is 21.9. The Morgan fingerprint density at radius 1 is 1.10 bits per heavy atom. The molecule has 7 nitrogen and oxygen atoms in total. The summed E-state index contributed by atoms with van der Waals surface area (Å²) in [6.07, 6.45) is 0.380. The molecule has 30 heavy (non-hydrogen) atoms. The van der Waals surface area contributed by atoms with Crippen molar-refractivity contribution in [2.75, 3.05) is 33.3 Å². The third-order valence-corrected chi connectivity index (χ3v) is 8.11. The van der Waals surface area contributed by atoms with Gasteiger partial charge in [0.1, 0.15) is 4.21 Å². The number of rotatable bonds is 6. The van der Waals surface area contributed by atoms with Gasteiger partial charge < -0.3 is 9.64 Å². The van der Waals surface area contributed by atoms with Crippen molar-refractivity contribution in [3.63, 3.8) is 0 Å². The Morgan fingerprint density at radius 3 is 2.43 bits per heavy atom. The van der Waals surface area contributed by atoms with Crippen LogP contribution in [0.15, 0.2) is 33.9 Å². The van der Waals surface area contributed by atoms with E-state index >= 15 is 0 Å². The number of benzene rings is 1. The number of amides is 1. The average molecular weight is 459 g/mol. The van der Waals surface area contributed by atoms with Crippen molar-refractivity contribution in [1.29, 1.82) is 0 Å². The third kappa shape index (κ3) is 4.85. The van der Waals surface area contributed by atoms with Crippen molar-refractivity contribution in [3.8, 4) is 0 Å². The first-order chi connectivity index (χ1) is 14.2. The largest absolute Gasteiger partial charge is 0.465 e. The highest BCUT2D eigenvalue weighted by Crippen LogP contribution is 2.25. The number of methoxy groups -OCH3 is 1. The van der Waals surface area contributed by atoms with Gasteiger partial charge in [0, 0.05) is 38.0 Å². The van der Waals surface area contributed by atoms with Crippen molar-refractivity contribution in [3.05, 3.63) is 52.4 Å². The fourth-order valence-electron chi connectivity index (χ4n) is 3.09. The van der Waals surface area contributed by atoms with E-state index in [-0.39, 0.29) is 54.7 Å². The highest BCUT2D eigenvalue weighted by molar-refractivity contribution is 7.91. The lowest BCUT2D eigenvalue weighted by molar-refractivity contribution is -0.132. The smallest absolute Gasteiger partial charge is 0.338 e. The van der Waals surface area contributed by atoms with E-state index in [2.05, 4.69) is 4.74 Å². The monoisotopic (exact) mass is 458 g/mol. The van der Waals surface area contributed by atoms with Crippen LogP contribution in [0.3, 0.4) is 0 Å². The number of halogens is 2.